The molecule has 0 amide bonds. The number of para-hydroxylation sites is 2. The van der Waals surface area contributed by atoms with E-state index in [2.05, 4.69) is 149 Å². The van der Waals surface area contributed by atoms with Gasteiger partial charge in [-0.3, -0.25) is 4.90 Å². The highest BCUT2D eigenvalue weighted by Crippen LogP contribution is 2.49. The first-order chi connectivity index (χ1) is 16.2. The number of nitrogens with zero attached hydrogens (tertiary/aromatic N) is 2. The fourth-order valence-corrected chi connectivity index (χ4v) is 5.52. The molecule has 0 unspecified atom stereocenters. The molecule has 0 N–H and O–H groups in total. The standard InChI is InChI=1S/C32H34N2/c1-23-21-27(34(25-13-9-7-10-14-25)26-15-11-8-12-16-26)18-19-28(23)24-17-20-29-30(22-24)32(4,5)33(6)31(29,2)3/h7-22H,1-6H3. The molecule has 4 aromatic rings. The zero-order valence-corrected chi connectivity index (χ0v) is 21.1. The monoisotopic (exact) mass is 446 g/mol. The first-order valence-corrected chi connectivity index (χ1v) is 12.1. The third-order valence-electron chi connectivity index (χ3n) is 7.82. The molecule has 172 valence electrons. The molecule has 0 fully saturated rings. The lowest BCUT2D eigenvalue weighted by Gasteiger charge is -2.37. The molecule has 1 aliphatic heterocycles. The zero-order chi connectivity index (χ0) is 24.1. The number of fused-ring (bicyclic) bond motifs is 1. The van der Waals surface area contributed by atoms with Crippen LogP contribution in [0.2, 0.25) is 0 Å². The van der Waals surface area contributed by atoms with Crippen LogP contribution in [-0.2, 0) is 11.1 Å². The van der Waals surface area contributed by atoms with Crippen LogP contribution in [0.3, 0.4) is 0 Å². The molecule has 0 spiro atoms. The van der Waals surface area contributed by atoms with Crippen LogP contribution in [0.4, 0.5) is 17.1 Å². The van der Waals surface area contributed by atoms with E-state index in [0.717, 1.165) is 11.4 Å². The fraction of sp³-hybridized carbons (Fsp3) is 0.250. The number of benzene rings is 4. The van der Waals surface area contributed by atoms with E-state index in [9.17, 15) is 0 Å². The van der Waals surface area contributed by atoms with E-state index >= 15 is 0 Å². The molecule has 0 atom stereocenters. The first-order valence-electron chi connectivity index (χ1n) is 12.1. The predicted octanol–water partition coefficient (Wildman–Crippen LogP) is 8.55. The molecule has 0 aliphatic carbocycles. The third kappa shape index (κ3) is 3.54. The Kier molecular flexibility index (Phi) is 5.37. The summed E-state index contributed by atoms with van der Waals surface area (Å²) >= 11 is 0. The maximum Gasteiger partial charge on any atom is 0.0464 e. The summed E-state index contributed by atoms with van der Waals surface area (Å²) in [6.07, 6.45) is 0. The lowest BCUT2D eigenvalue weighted by molar-refractivity contribution is 0.0730. The van der Waals surface area contributed by atoms with Crippen molar-refractivity contribution in [3.63, 3.8) is 0 Å². The molecule has 4 aromatic carbocycles. The van der Waals surface area contributed by atoms with E-state index in [1.807, 2.05) is 0 Å². The van der Waals surface area contributed by atoms with Crippen molar-refractivity contribution in [1.82, 2.24) is 4.90 Å². The molecule has 1 aliphatic rings. The van der Waals surface area contributed by atoms with Gasteiger partial charge in [-0.05, 0) is 112 Å². The predicted molar refractivity (Wildman–Crippen MR) is 145 cm³/mol. The van der Waals surface area contributed by atoms with Crippen molar-refractivity contribution in [2.24, 2.45) is 0 Å². The smallest absolute Gasteiger partial charge is 0.0464 e. The van der Waals surface area contributed by atoms with Crippen LogP contribution in [0, 0.1) is 6.92 Å². The van der Waals surface area contributed by atoms with Gasteiger partial charge in [-0.2, -0.15) is 0 Å². The average Bonchev–Trinajstić information content (AvgIpc) is 2.97. The van der Waals surface area contributed by atoms with Crippen molar-refractivity contribution >= 4 is 17.1 Å². The van der Waals surface area contributed by atoms with Gasteiger partial charge in [-0.1, -0.05) is 54.6 Å². The summed E-state index contributed by atoms with van der Waals surface area (Å²) < 4.78 is 0. The number of hydrogen-bond donors (Lipinski definition) is 0. The van der Waals surface area contributed by atoms with Gasteiger partial charge in [0.25, 0.3) is 0 Å². The Balaban J connectivity index is 1.58. The van der Waals surface area contributed by atoms with Gasteiger partial charge in [0.05, 0.1) is 0 Å². The molecule has 34 heavy (non-hydrogen) atoms. The second kappa shape index (κ2) is 8.14. The van der Waals surface area contributed by atoms with Gasteiger partial charge in [0.1, 0.15) is 0 Å². The summed E-state index contributed by atoms with van der Waals surface area (Å²) in [5.41, 5.74) is 10.2. The third-order valence-corrected chi connectivity index (χ3v) is 7.82. The Bertz CT molecular complexity index is 1280. The highest BCUT2D eigenvalue weighted by Gasteiger charge is 2.46. The first kappa shape index (κ1) is 22.4. The van der Waals surface area contributed by atoms with Crippen molar-refractivity contribution < 1.29 is 0 Å². The lowest BCUT2D eigenvalue weighted by atomic mass is 9.87. The molecule has 0 bridgehead atoms. The van der Waals surface area contributed by atoms with E-state index in [0.29, 0.717) is 0 Å². The van der Waals surface area contributed by atoms with Crippen molar-refractivity contribution in [1.29, 1.82) is 0 Å². The number of aryl methyl sites for hydroxylation is 1. The number of hydrogen-bond acceptors (Lipinski definition) is 2. The molecule has 0 radical (unpaired) electrons. The van der Waals surface area contributed by atoms with Crippen molar-refractivity contribution in [3.8, 4) is 11.1 Å². The lowest BCUT2D eigenvalue weighted by Crippen LogP contribution is -2.42. The zero-order valence-electron chi connectivity index (χ0n) is 21.1. The van der Waals surface area contributed by atoms with E-state index in [1.54, 1.807) is 0 Å². The largest absolute Gasteiger partial charge is 0.310 e. The van der Waals surface area contributed by atoms with Crippen molar-refractivity contribution in [2.45, 2.75) is 45.7 Å². The second-order valence-electron chi connectivity index (χ2n) is 10.4. The minimum absolute atomic E-state index is 0.000106. The van der Waals surface area contributed by atoms with Crippen LogP contribution in [0.25, 0.3) is 11.1 Å². The van der Waals surface area contributed by atoms with Crippen LogP contribution < -0.4 is 4.90 Å². The van der Waals surface area contributed by atoms with Crippen LogP contribution in [-0.4, -0.2) is 11.9 Å². The van der Waals surface area contributed by atoms with Gasteiger partial charge in [0.2, 0.25) is 0 Å². The van der Waals surface area contributed by atoms with Gasteiger partial charge < -0.3 is 4.90 Å². The average molecular weight is 447 g/mol. The van der Waals surface area contributed by atoms with Gasteiger partial charge >= 0.3 is 0 Å². The fourth-order valence-electron chi connectivity index (χ4n) is 5.52. The topological polar surface area (TPSA) is 6.48 Å². The summed E-state index contributed by atoms with van der Waals surface area (Å²) in [6.45, 7) is 11.5. The van der Waals surface area contributed by atoms with Crippen molar-refractivity contribution in [2.75, 3.05) is 11.9 Å². The van der Waals surface area contributed by atoms with Gasteiger partial charge in [0, 0.05) is 28.1 Å². The molecule has 1 heterocycles. The molecule has 0 saturated carbocycles. The van der Waals surface area contributed by atoms with Crippen LogP contribution in [0.1, 0.15) is 44.4 Å². The maximum atomic E-state index is 2.49. The molecule has 5 rings (SSSR count). The highest BCUT2D eigenvalue weighted by atomic mass is 15.2. The minimum Gasteiger partial charge on any atom is -0.310 e. The Morgan fingerprint density at radius 3 is 1.71 bits per heavy atom. The molecule has 0 saturated heterocycles. The Hall–Kier alpha value is -3.36. The summed E-state index contributed by atoms with van der Waals surface area (Å²) in [4.78, 5) is 4.81. The van der Waals surface area contributed by atoms with Crippen LogP contribution in [0.15, 0.2) is 97.1 Å². The number of rotatable bonds is 4. The van der Waals surface area contributed by atoms with Crippen LogP contribution >= 0.6 is 0 Å². The molecular weight excluding hydrogens is 412 g/mol. The summed E-state index contributed by atoms with van der Waals surface area (Å²) in [5, 5.41) is 0. The quantitative estimate of drug-likeness (QED) is 0.310. The summed E-state index contributed by atoms with van der Waals surface area (Å²) in [6, 6.07) is 35.0. The normalized spacial score (nSPS) is 16.3. The van der Waals surface area contributed by atoms with Crippen molar-refractivity contribution in [3.05, 3.63) is 114 Å². The van der Waals surface area contributed by atoms with E-state index in [-0.39, 0.29) is 11.1 Å². The highest BCUT2D eigenvalue weighted by molar-refractivity contribution is 5.80. The molecule has 2 heteroatoms. The minimum atomic E-state index is 0.000106. The van der Waals surface area contributed by atoms with Gasteiger partial charge in [-0.15, -0.1) is 0 Å². The Morgan fingerprint density at radius 1 is 0.588 bits per heavy atom. The Labute approximate surface area is 204 Å². The molecule has 0 aromatic heterocycles. The summed E-state index contributed by atoms with van der Waals surface area (Å²) in [5.74, 6) is 0. The van der Waals surface area contributed by atoms with Gasteiger partial charge in [-0.25, -0.2) is 0 Å². The second-order valence-corrected chi connectivity index (χ2v) is 10.4. The van der Waals surface area contributed by atoms with E-state index < -0.39 is 0 Å². The maximum absolute atomic E-state index is 2.49. The SMILES string of the molecule is Cc1cc(N(c2ccccc2)c2ccccc2)ccc1-c1ccc2c(c1)C(C)(C)N(C)C2(C)C. The summed E-state index contributed by atoms with van der Waals surface area (Å²) in [7, 11) is 2.24. The Morgan fingerprint density at radius 2 is 1.15 bits per heavy atom. The molecular formula is C32H34N2. The molecule has 2 nitrogen and oxygen atoms in total. The van der Waals surface area contributed by atoms with Crippen LogP contribution in [0.5, 0.6) is 0 Å². The number of anilines is 3. The van der Waals surface area contributed by atoms with Gasteiger partial charge in [0.15, 0.2) is 0 Å². The van der Waals surface area contributed by atoms with E-state index in [4.69, 9.17) is 0 Å². The van der Waals surface area contributed by atoms with E-state index in [1.165, 1.54) is 33.5 Å².